The third-order valence-corrected chi connectivity index (χ3v) is 1.65. The van der Waals surface area contributed by atoms with Crippen molar-refractivity contribution in [3.63, 3.8) is 0 Å². The first kappa shape index (κ1) is 9.87. The van der Waals surface area contributed by atoms with Crippen molar-refractivity contribution in [3.05, 3.63) is 17.8 Å². The first-order valence-corrected chi connectivity index (χ1v) is 4.74. The van der Waals surface area contributed by atoms with Crippen LogP contribution in [0.25, 0.3) is 0 Å². The average molecular weight is 241 g/mol. The zero-order valence-electron chi connectivity index (χ0n) is 7.17. The lowest BCUT2D eigenvalue weighted by Gasteiger charge is -2.01. The Labute approximate surface area is 85.4 Å². The summed E-state index contributed by atoms with van der Waals surface area (Å²) in [6.07, 6.45) is 1.63. The highest BCUT2D eigenvalue weighted by atomic mass is 79.9. The van der Waals surface area contributed by atoms with Crippen molar-refractivity contribution in [2.75, 3.05) is 18.2 Å². The van der Waals surface area contributed by atoms with Crippen LogP contribution in [-0.2, 0) is 0 Å². The molecule has 0 spiro atoms. The van der Waals surface area contributed by atoms with E-state index in [0.717, 1.165) is 5.56 Å². The Bertz CT molecular complexity index is 354. The number of halogens is 1. The van der Waals surface area contributed by atoms with E-state index in [1.807, 2.05) is 0 Å². The van der Waals surface area contributed by atoms with Crippen LogP contribution in [0.5, 0.6) is 5.88 Å². The third kappa shape index (κ3) is 2.63. The van der Waals surface area contributed by atoms with Crippen LogP contribution < -0.4 is 10.5 Å². The van der Waals surface area contributed by atoms with E-state index < -0.39 is 0 Å². The molecule has 2 N–H and O–H groups in total. The Morgan fingerprint density at radius 1 is 1.69 bits per heavy atom. The molecule has 1 aromatic heterocycles. The van der Waals surface area contributed by atoms with Crippen LogP contribution in [-0.4, -0.2) is 17.4 Å². The molecule has 13 heavy (non-hydrogen) atoms. The molecule has 1 aromatic rings. The van der Waals surface area contributed by atoms with Gasteiger partial charge in [0.1, 0.15) is 0 Å². The summed E-state index contributed by atoms with van der Waals surface area (Å²) >= 11 is 3.20. The maximum atomic E-state index is 5.64. The summed E-state index contributed by atoms with van der Waals surface area (Å²) in [4.78, 5) is 3.98. The molecule has 0 aliphatic heterocycles. The fraction of sp³-hybridized carbons (Fsp3) is 0.222. The van der Waals surface area contributed by atoms with Crippen molar-refractivity contribution in [3.8, 4) is 17.7 Å². The highest BCUT2D eigenvalue weighted by molar-refractivity contribution is 9.09. The van der Waals surface area contributed by atoms with Gasteiger partial charge in [-0.3, -0.25) is 0 Å². The largest absolute Gasteiger partial charge is 0.480 e. The molecule has 1 heterocycles. The van der Waals surface area contributed by atoms with E-state index >= 15 is 0 Å². The second-order valence-electron chi connectivity index (χ2n) is 2.26. The van der Waals surface area contributed by atoms with Crippen LogP contribution in [0, 0.1) is 11.8 Å². The molecule has 0 aliphatic rings. The molecule has 0 saturated carbocycles. The zero-order chi connectivity index (χ0) is 9.68. The summed E-state index contributed by atoms with van der Waals surface area (Å²) in [6, 6.07) is 1.74. The van der Waals surface area contributed by atoms with Gasteiger partial charge in [0.05, 0.1) is 18.1 Å². The number of hydrogen-bond donors (Lipinski definition) is 1. The third-order valence-electron chi connectivity index (χ3n) is 1.37. The number of hydrogen-bond acceptors (Lipinski definition) is 3. The quantitative estimate of drug-likeness (QED) is 0.597. The van der Waals surface area contributed by atoms with E-state index in [9.17, 15) is 0 Å². The minimum absolute atomic E-state index is 0.435. The van der Waals surface area contributed by atoms with E-state index in [1.54, 1.807) is 12.3 Å². The van der Waals surface area contributed by atoms with Crippen LogP contribution in [0.1, 0.15) is 5.56 Å². The fourth-order valence-electron chi connectivity index (χ4n) is 0.844. The Kier molecular flexibility index (Phi) is 3.59. The first-order valence-electron chi connectivity index (χ1n) is 3.62. The number of rotatable bonds is 1. The highest BCUT2D eigenvalue weighted by Gasteiger charge is 1.99. The number of ether oxygens (including phenoxy) is 1. The molecular formula is C9H9BrN2O. The SMILES string of the molecule is COc1ncc(C#CCBr)cc1N. The molecule has 4 heteroatoms. The van der Waals surface area contributed by atoms with Crippen molar-refractivity contribution in [1.29, 1.82) is 0 Å². The van der Waals surface area contributed by atoms with Gasteiger partial charge in [0, 0.05) is 11.8 Å². The summed E-state index contributed by atoms with van der Waals surface area (Å²) in [5, 5.41) is 0.638. The van der Waals surface area contributed by atoms with Crippen LogP contribution in [0.2, 0.25) is 0 Å². The molecule has 0 radical (unpaired) electrons. The average Bonchev–Trinajstić information content (AvgIpc) is 2.15. The summed E-state index contributed by atoms with van der Waals surface area (Å²) in [6.45, 7) is 0. The molecular weight excluding hydrogens is 232 g/mol. The summed E-state index contributed by atoms with van der Waals surface area (Å²) in [5.41, 5.74) is 6.93. The lowest BCUT2D eigenvalue weighted by molar-refractivity contribution is 0.400. The molecule has 0 aromatic carbocycles. The number of alkyl halides is 1. The molecule has 0 fully saturated rings. The van der Waals surface area contributed by atoms with Gasteiger partial charge in [-0.15, -0.1) is 0 Å². The Balaban J connectivity index is 2.96. The van der Waals surface area contributed by atoms with Gasteiger partial charge < -0.3 is 10.5 Å². The van der Waals surface area contributed by atoms with Gasteiger partial charge in [-0.25, -0.2) is 4.98 Å². The number of aromatic nitrogens is 1. The molecule has 0 aliphatic carbocycles. The van der Waals surface area contributed by atoms with Crippen LogP contribution in [0.4, 0.5) is 5.69 Å². The van der Waals surface area contributed by atoms with Crippen molar-refractivity contribution in [2.24, 2.45) is 0 Å². The zero-order valence-corrected chi connectivity index (χ0v) is 8.76. The second-order valence-corrected chi connectivity index (χ2v) is 2.82. The monoisotopic (exact) mass is 240 g/mol. The number of nitrogens with zero attached hydrogens (tertiary/aromatic N) is 1. The van der Waals surface area contributed by atoms with Gasteiger partial charge in [-0.2, -0.15) is 0 Å². The maximum Gasteiger partial charge on any atom is 0.236 e. The van der Waals surface area contributed by atoms with Crippen LogP contribution in [0.3, 0.4) is 0 Å². The number of nitrogen functional groups attached to an aromatic ring is 1. The molecule has 68 valence electrons. The van der Waals surface area contributed by atoms with Crippen LogP contribution in [0.15, 0.2) is 12.3 Å². The highest BCUT2D eigenvalue weighted by Crippen LogP contribution is 2.17. The van der Waals surface area contributed by atoms with E-state index in [0.29, 0.717) is 16.9 Å². The van der Waals surface area contributed by atoms with Gasteiger partial charge in [0.15, 0.2) is 0 Å². The number of methoxy groups -OCH3 is 1. The normalized spacial score (nSPS) is 8.77. The van der Waals surface area contributed by atoms with Crippen molar-refractivity contribution in [2.45, 2.75) is 0 Å². The van der Waals surface area contributed by atoms with E-state index in [-0.39, 0.29) is 0 Å². The van der Waals surface area contributed by atoms with Crippen LogP contribution >= 0.6 is 15.9 Å². The second kappa shape index (κ2) is 4.73. The van der Waals surface area contributed by atoms with Gasteiger partial charge in [-0.1, -0.05) is 27.8 Å². The standard InChI is InChI=1S/C9H9BrN2O/c1-13-9-8(11)5-7(6-12-9)3-2-4-10/h5-6H,4,11H2,1H3. The number of nitrogens with two attached hydrogens (primary N) is 1. The van der Waals surface area contributed by atoms with Gasteiger partial charge in [0.25, 0.3) is 0 Å². The van der Waals surface area contributed by atoms with Gasteiger partial charge in [-0.05, 0) is 6.07 Å². The first-order chi connectivity index (χ1) is 6.27. The van der Waals surface area contributed by atoms with Gasteiger partial charge >= 0.3 is 0 Å². The predicted molar refractivity (Wildman–Crippen MR) is 55.9 cm³/mol. The number of anilines is 1. The predicted octanol–water partition coefficient (Wildman–Crippen LogP) is 1.42. The van der Waals surface area contributed by atoms with Crippen molar-refractivity contribution in [1.82, 2.24) is 4.98 Å². The van der Waals surface area contributed by atoms with E-state index in [2.05, 4.69) is 32.8 Å². The minimum Gasteiger partial charge on any atom is -0.480 e. The smallest absolute Gasteiger partial charge is 0.236 e. The molecule has 0 atom stereocenters. The van der Waals surface area contributed by atoms with Crippen molar-refractivity contribution < 1.29 is 4.74 Å². The maximum absolute atomic E-state index is 5.64. The summed E-state index contributed by atoms with van der Waals surface area (Å²) in [7, 11) is 1.53. The Morgan fingerprint density at radius 2 is 2.46 bits per heavy atom. The summed E-state index contributed by atoms with van der Waals surface area (Å²) in [5.74, 6) is 6.19. The summed E-state index contributed by atoms with van der Waals surface area (Å²) < 4.78 is 4.91. The van der Waals surface area contributed by atoms with E-state index in [1.165, 1.54) is 7.11 Å². The minimum atomic E-state index is 0.435. The molecule has 3 nitrogen and oxygen atoms in total. The van der Waals surface area contributed by atoms with E-state index in [4.69, 9.17) is 10.5 Å². The topological polar surface area (TPSA) is 48.1 Å². The molecule has 0 amide bonds. The van der Waals surface area contributed by atoms with Gasteiger partial charge in [0.2, 0.25) is 5.88 Å². The Morgan fingerprint density at radius 3 is 3.00 bits per heavy atom. The fourth-order valence-corrected chi connectivity index (χ4v) is 0.984. The lowest BCUT2D eigenvalue weighted by atomic mass is 10.2. The number of pyridine rings is 1. The lowest BCUT2D eigenvalue weighted by Crippen LogP contribution is -1.95. The Hall–Kier alpha value is -1.21. The molecule has 1 rings (SSSR count). The van der Waals surface area contributed by atoms with Crippen molar-refractivity contribution >= 4 is 21.6 Å². The molecule has 0 bridgehead atoms. The molecule has 0 saturated heterocycles. The molecule has 0 unspecified atom stereocenters.